The maximum atomic E-state index is 5.45. The van der Waals surface area contributed by atoms with Crippen LogP contribution in [0.4, 0.5) is 0 Å². The van der Waals surface area contributed by atoms with E-state index in [1.54, 1.807) is 0 Å². The van der Waals surface area contributed by atoms with Gasteiger partial charge in [0.2, 0.25) is 5.95 Å². The Bertz CT molecular complexity index is 4130. The Labute approximate surface area is 399 Å². The highest BCUT2D eigenvalue weighted by atomic mass is 32.1. The van der Waals surface area contributed by atoms with Gasteiger partial charge in [0.15, 0.2) is 11.6 Å². The molecule has 0 atom stereocenters. The summed E-state index contributed by atoms with van der Waals surface area (Å²) in [6.07, 6.45) is 0. The number of aryl methyl sites for hydroxylation is 1. The molecule has 0 saturated heterocycles. The van der Waals surface area contributed by atoms with Crippen molar-refractivity contribution in [3.63, 3.8) is 0 Å². The monoisotopic (exact) mass is 904 g/mol. The average molecular weight is 905 g/mol. The molecule has 322 valence electrons. The van der Waals surface area contributed by atoms with Gasteiger partial charge in [-0.2, -0.15) is 9.97 Å². The lowest BCUT2D eigenvalue weighted by molar-refractivity contribution is 0.953. The van der Waals surface area contributed by atoms with E-state index in [4.69, 9.17) is 15.0 Å². The van der Waals surface area contributed by atoms with E-state index in [1.165, 1.54) is 74.2 Å². The van der Waals surface area contributed by atoms with Crippen LogP contribution in [-0.4, -0.2) is 27.6 Å². The van der Waals surface area contributed by atoms with Gasteiger partial charge < -0.3 is 0 Å². The number of hydrogen-bond acceptors (Lipinski definition) is 4. The lowest BCUT2D eigenvalue weighted by atomic mass is 9.94. The smallest absolute Gasteiger partial charge is 0.238 e. The van der Waals surface area contributed by atoms with Crippen LogP contribution in [0, 0.1) is 6.92 Å². The minimum atomic E-state index is -1.95. The van der Waals surface area contributed by atoms with Crippen LogP contribution in [0.3, 0.4) is 0 Å². The highest BCUT2D eigenvalue weighted by molar-refractivity contribution is 7.26. The summed E-state index contributed by atoms with van der Waals surface area (Å²) in [5.74, 6) is 1.83. The standard InChI is InChI=1S/C62H44N4SSi/c1-39-33-44(42-20-16-23-47(36-42)68(2,3)46-21-8-5-9-22-46)35-45(34-39)61-63-60(41-18-6-4-7-19-41)64-62(65-61)66-54-31-30-43(37-53(54)58-48-24-11-10-17-40(48)29-32-55(58)66)52-38-57-59(50-26-13-12-25-49(50)52)51-27-14-15-28-56(51)67-57/h4-38H,1-3H3. The Hall–Kier alpha value is -8.03. The summed E-state index contributed by atoms with van der Waals surface area (Å²) in [5, 5.41) is 12.7. The van der Waals surface area contributed by atoms with Gasteiger partial charge in [-0.05, 0) is 98.8 Å². The maximum absolute atomic E-state index is 5.45. The summed E-state index contributed by atoms with van der Waals surface area (Å²) in [6.45, 7) is 7.04. The third-order valence-corrected chi connectivity index (χ3v) is 18.6. The van der Waals surface area contributed by atoms with Crippen molar-refractivity contribution in [1.29, 1.82) is 0 Å². The van der Waals surface area contributed by atoms with Gasteiger partial charge in [0.1, 0.15) is 8.07 Å². The second-order valence-corrected chi connectivity index (χ2v) is 24.0. The Morgan fingerprint density at radius 3 is 1.87 bits per heavy atom. The number of benzene rings is 10. The zero-order chi connectivity index (χ0) is 45.5. The first-order chi connectivity index (χ1) is 33.4. The fourth-order valence-electron chi connectivity index (χ4n) is 10.5. The van der Waals surface area contributed by atoms with E-state index < -0.39 is 8.07 Å². The lowest BCUT2D eigenvalue weighted by Gasteiger charge is -2.24. The van der Waals surface area contributed by atoms with E-state index in [1.807, 2.05) is 29.5 Å². The Balaban J connectivity index is 1.02. The molecule has 0 aliphatic heterocycles. The zero-order valence-electron chi connectivity index (χ0n) is 37.9. The summed E-state index contributed by atoms with van der Waals surface area (Å²) < 4.78 is 4.85. The van der Waals surface area contributed by atoms with Crippen molar-refractivity contribution >= 4 is 93.3 Å². The third kappa shape index (κ3) is 6.59. The van der Waals surface area contributed by atoms with Crippen molar-refractivity contribution in [2.45, 2.75) is 20.0 Å². The predicted molar refractivity (Wildman–Crippen MR) is 292 cm³/mol. The third-order valence-electron chi connectivity index (χ3n) is 14.0. The molecule has 0 unspecified atom stereocenters. The topological polar surface area (TPSA) is 43.6 Å². The quantitative estimate of drug-likeness (QED) is 0.150. The summed E-state index contributed by atoms with van der Waals surface area (Å²) in [5.41, 5.74) is 9.83. The number of hydrogen-bond donors (Lipinski definition) is 0. The summed E-state index contributed by atoms with van der Waals surface area (Å²) >= 11 is 1.87. The molecule has 0 amide bonds. The highest BCUT2D eigenvalue weighted by Gasteiger charge is 2.26. The first kappa shape index (κ1) is 40.3. The average Bonchev–Trinajstić information content (AvgIpc) is 3.94. The second kappa shape index (κ2) is 15.8. The molecule has 0 aliphatic rings. The van der Waals surface area contributed by atoms with Gasteiger partial charge in [-0.1, -0.05) is 193 Å². The van der Waals surface area contributed by atoms with Crippen molar-refractivity contribution in [2.75, 3.05) is 0 Å². The Kier molecular flexibility index (Phi) is 9.36. The van der Waals surface area contributed by atoms with Gasteiger partial charge in [-0.3, -0.25) is 4.57 Å². The number of fused-ring (bicyclic) bond motifs is 10. The molecule has 3 heterocycles. The van der Waals surface area contributed by atoms with Gasteiger partial charge in [0.05, 0.1) is 11.0 Å². The van der Waals surface area contributed by atoms with Gasteiger partial charge in [-0.25, -0.2) is 4.98 Å². The molecule has 0 radical (unpaired) electrons. The molecule has 6 heteroatoms. The summed E-state index contributed by atoms with van der Waals surface area (Å²) in [4.78, 5) is 16.1. The minimum Gasteiger partial charge on any atom is -0.278 e. The van der Waals surface area contributed by atoms with E-state index >= 15 is 0 Å². The minimum absolute atomic E-state index is 0.578. The normalized spacial score (nSPS) is 12.0. The number of nitrogens with zero attached hydrogens (tertiary/aromatic N) is 4. The highest BCUT2D eigenvalue weighted by Crippen LogP contribution is 2.45. The van der Waals surface area contributed by atoms with Crippen LogP contribution in [0.25, 0.3) is 115 Å². The first-order valence-corrected chi connectivity index (χ1v) is 27.1. The zero-order valence-corrected chi connectivity index (χ0v) is 39.7. The molecule has 0 N–H and O–H groups in total. The van der Waals surface area contributed by atoms with Gasteiger partial charge in [-0.15, -0.1) is 11.3 Å². The fraction of sp³-hybridized carbons (Fsp3) is 0.0484. The lowest BCUT2D eigenvalue weighted by Crippen LogP contribution is -2.52. The molecule has 3 aromatic heterocycles. The molecule has 10 aromatic carbocycles. The van der Waals surface area contributed by atoms with Crippen LogP contribution in [0.5, 0.6) is 0 Å². The largest absolute Gasteiger partial charge is 0.278 e. The molecule has 0 aliphatic carbocycles. The summed E-state index contributed by atoms with van der Waals surface area (Å²) in [7, 11) is -1.95. The van der Waals surface area contributed by atoms with Crippen molar-refractivity contribution < 1.29 is 0 Å². The first-order valence-electron chi connectivity index (χ1n) is 23.3. The van der Waals surface area contributed by atoms with Crippen molar-refractivity contribution in [3.8, 4) is 51.0 Å². The number of rotatable bonds is 7. The van der Waals surface area contributed by atoms with E-state index in [2.05, 4.69) is 219 Å². The molecule has 0 saturated carbocycles. The Morgan fingerprint density at radius 2 is 1.04 bits per heavy atom. The number of thiophene rings is 1. The van der Waals surface area contributed by atoms with Gasteiger partial charge in [0.25, 0.3) is 0 Å². The van der Waals surface area contributed by atoms with Gasteiger partial charge in [0, 0.05) is 42.1 Å². The van der Waals surface area contributed by atoms with Crippen molar-refractivity contribution in [2.24, 2.45) is 0 Å². The molecular formula is C62H44N4SSi. The van der Waals surface area contributed by atoms with Crippen LogP contribution in [0.1, 0.15) is 5.56 Å². The van der Waals surface area contributed by atoms with E-state index in [-0.39, 0.29) is 0 Å². The molecular weight excluding hydrogens is 861 g/mol. The molecule has 0 bridgehead atoms. The van der Waals surface area contributed by atoms with E-state index in [0.29, 0.717) is 17.6 Å². The summed E-state index contributed by atoms with van der Waals surface area (Å²) in [6, 6.07) is 77.3. The number of aromatic nitrogens is 4. The van der Waals surface area contributed by atoms with Crippen LogP contribution < -0.4 is 10.4 Å². The second-order valence-electron chi connectivity index (χ2n) is 18.5. The van der Waals surface area contributed by atoms with E-state index in [0.717, 1.165) is 38.7 Å². The molecule has 68 heavy (non-hydrogen) atoms. The fourth-order valence-corrected chi connectivity index (χ4v) is 14.0. The van der Waals surface area contributed by atoms with Gasteiger partial charge >= 0.3 is 0 Å². The predicted octanol–water partition coefficient (Wildman–Crippen LogP) is 15.4. The van der Waals surface area contributed by atoms with Crippen molar-refractivity contribution in [1.82, 2.24) is 19.5 Å². The van der Waals surface area contributed by atoms with Crippen molar-refractivity contribution in [3.05, 3.63) is 218 Å². The molecule has 0 spiro atoms. The van der Waals surface area contributed by atoms with E-state index in [9.17, 15) is 0 Å². The van der Waals surface area contributed by atoms with Crippen LogP contribution in [0.15, 0.2) is 212 Å². The molecule has 13 rings (SSSR count). The van der Waals surface area contributed by atoms with Crippen LogP contribution in [-0.2, 0) is 0 Å². The molecule has 4 nitrogen and oxygen atoms in total. The Morgan fingerprint density at radius 1 is 0.397 bits per heavy atom. The molecule has 13 aromatic rings. The van der Waals surface area contributed by atoms with Crippen LogP contribution in [0.2, 0.25) is 13.1 Å². The molecule has 0 fully saturated rings. The SMILES string of the molecule is Cc1cc(-c2cccc([Si](C)(C)c3ccccc3)c2)cc(-c2nc(-c3ccccc3)nc(-n3c4ccc(-c5cc6sc7ccccc7c6c6ccccc56)cc4c4c5ccccc5ccc43)n2)c1. The maximum Gasteiger partial charge on any atom is 0.238 e. The van der Waals surface area contributed by atoms with Crippen LogP contribution >= 0.6 is 11.3 Å².